The van der Waals surface area contributed by atoms with E-state index >= 15 is 0 Å². The van der Waals surface area contributed by atoms with E-state index in [1.165, 1.54) is 12.1 Å². The van der Waals surface area contributed by atoms with Crippen molar-refractivity contribution in [3.63, 3.8) is 0 Å². The van der Waals surface area contributed by atoms with Crippen molar-refractivity contribution in [1.82, 2.24) is 4.90 Å². The van der Waals surface area contributed by atoms with Crippen LogP contribution in [0.3, 0.4) is 0 Å². The van der Waals surface area contributed by atoms with E-state index in [-0.39, 0.29) is 5.78 Å². The van der Waals surface area contributed by atoms with E-state index in [4.69, 9.17) is 0 Å². The van der Waals surface area contributed by atoms with Crippen LogP contribution in [0.25, 0.3) is 6.08 Å². The first-order valence-electron chi connectivity index (χ1n) is 9.53. The Morgan fingerprint density at radius 2 is 1.43 bits per heavy atom. The number of likely N-dealkylation sites (N-methyl/N-ethyl adjacent to an activating group) is 1. The van der Waals surface area contributed by atoms with Crippen molar-refractivity contribution >= 4 is 11.9 Å². The molecule has 2 nitrogen and oxygen atoms in total. The van der Waals surface area contributed by atoms with Gasteiger partial charge in [-0.05, 0) is 36.4 Å². The molecule has 0 bridgehead atoms. The Kier molecular flexibility index (Phi) is 6.85. The molecule has 0 unspecified atom stereocenters. The number of rotatable bonds is 7. The van der Waals surface area contributed by atoms with Gasteiger partial charge in [0.05, 0.1) is 5.56 Å². The molecule has 3 rings (SSSR count). The van der Waals surface area contributed by atoms with E-state index in [9.17, 15) is 18.0 Å². The number of carbonyl (C=O) groups excluding carboxylic acids is 1. The summed E-state index contributed by atoms with van der Waals surface area (Å²) in [5.74, 6) is -0.143. The Labute approximate surface area is 174 Å². The summed E-state index contributed by atoms with van der Waals surface area (Å²) in [6.45, 7) is 1.01. The van der Waals surface area contributed by atoms with E-state index < -0.39 is 11.7 Å². The number of hydrogen-bond acceptors (Lipinski definition) is 2. The Morgan fingerprint density at radius 1 is 0.867 bits per heavy atom. The third-order valence-corrected chi connectivity index (χ3v) is 4.64. The lowest BCUT2D eigenvalue weighted by Crippen LogP contribution is -2.24. The number of halogens is 3. The minimum Gasteiger partial charge on any atom is -0.298 e. The van der Waals surface area contributed by atoms with Crippen LogP contribution in [0, 0.1) is 0 Å². The summed E-state index contributed by atoms with van der Waals surface area (Å²) < 4.78 is 38.5. The number of Topliss-reactive ketones (excluding diaryl/α,β-unsaturated/α-hetero) is 1. The lowest BCUT2D eigenvalue weighted by Gasteiger charge is -2.19. The van der Waals surface area contributed by atoms with Crippen molar-refractivity contribution in [1.29, 1.82) is 0 Å². The molecule has 0 amide bonds. The van der Waals surface area contributed by atoms with Crippen LogP contribution >= 0.6 is 0 Å². The predicted octanol–water partition coefficient (Wildman–Crippen LogP) is 6.10. The summed E-state index contributed by atoms with van der Waals surface area (Å²) in [5, 5.41) is 0. The molecular weight excluding hydrogens is 387 g/mol. The van der Waals surface area contributed by atoms with Crippen LogP contribution in [0.1, 0.15) is 27.0 Å². The van der Waals surface area contributed by atoms with Crippen LogP contribution < -0.4 is 0 Å². The van der Waals surface area contributed by atoms with E-state index in [0.717, 1.165) is 17.7 Å². The highest BCUT2D eigenvalue weighted by Gasteiger charge is 2.29. The SMILES string of the molecule is CN(C/C(=C\c1ccc(C(F)(F)F)cc1)C(=O)c1ccccc1)Cc1ccccc1. The maximum Gasteiger partial charge on any atom is 0.416 e. The van der Waals surface area contributed by atoms with Gasteiger partial charge in [0.2, 0.25) is 0 Å². The normalized spacial score (nSPS) is 12.2. The van der Waals surface area contributed by atoms with Gasteiger partial charge in [0.15, 0.2) is 5.78 Å². The third kappa shape index (κ3) is 5.91. The Hall–Kier alpha value is -3.18. The number of benzene rings is 3. The minimum absolute atomic E-state index is 0.143. The Balaban J connectivity index is 1.87. The summed E-state index contributed by atoms with van der Waals surface area (Å²) in [4.78, 5) is 15.1. The summed E-state index contributed by atoms with van der Waals surface area (Å²) in [6, 6.07) is 23.6. The maximum atomic E-state index is 13.1. The Bertz CT molecular complexity index is 994. The summed E-state index contributed by atoms with van der Waals surface area (Å²) in [5.41, 5.74) is 2.01. The molecule has 3 aromatic carbocycles. The summed E-state index contributed by atoms with van der Waals surface area (Å²) >= 11 is 0. The van der Waals surface area contributed by atoms with Crippen molar-refractivity contribution in [2.24, 2.45) is 0 Å². The quantitative estimate of drug-likeness (QED) is 0.347. The molecule has 0 radical (unpaired) electrons. The van der Waals surface area contributed by atoms with Crippen molar-refractivity contribution in [3.05, 3.63) is 113 Å². The molecule has 0 saturated carbocycles. The van der Waals surface area contributed by atoms with E-state index in [1.807, 2.05) is 48.3 Å². The van der Waals surface area contributed by atoms with Crippen molar-refractivity contribution < 1.29 is 18.0 Å². The van der Waals surface area contributed by atoms with E-state index in [1.54, 1.807) is 30.3 Å². The van der Waals surface area contributed by atoms with Gasteiger partial charge in [-0.25, -0.2) is 0 Å². The number of ketones is 1. The molecule has 0 aliphatic heterocycles. The van der Waals surface area contributed by atoms with Gasteiger partial charge in [-0.15, -0.1) is 0 Å². The second-order valence-electron chi connectivity index (χ2n) is 7.14. The highest BCUT2D eigenvalue weighted by atomic mass is 19.4. The van der Waals surface area contributed by atoms with Crippen LogP contribution in [0.4, 0.5) is 13.2 Å². The molecule has 0 atom stereocenters. The molecule has 5 heteroatoms. The number of nitrogens with zero attached hydrogens (tertiary/aromatic N) is 1. The molecule has 0 N–H and O–H groups in total. The standard InChI is InChI=1S/C25H22F3NO/c1-29(17-20-8-4-2-5-9-20)18-22(24(30)21-10-6-3-7-11-21)16-19-12-14-23(15-13-19)25(26,27)28/h2-16H,17-18H2,1H3/b22-16+. The van der Waals surface area contributed by atoms with Gasteiger partial charge < -0.3 is 0 Å². The van der Waals surface area contributed by atoms with Crippen molar-refractivity contribution in [3.8, 4) is 0 Å². The molecule has 0 spiro atoms. The van der Waals surface area contributed by atoms with Gasteiger partial charge in [0, 0.05) is 24.2 Å². The molecule has 154 valence electrons. The minimum atomic E-state index is -4.39. The third-order valence-electron chi connectivity index (χ3n) is 4.64. The molecule has 0 aromatic heterocycles. The van der Waals surface area contributed by atoms with Crippen LogP contribution in [0.5, 0.6) is 0 Å². The zero-order valence-electron chi connectivity index (χ0n) is 16.6. The molecule has 0 saturated heterocycles. The maximum absolute atomic E-state index is 13.1. The average molecular weight is 409 g/mol. The fourth-order valence-corrected chi connectivity index (χ4v) is 3.17. The average Bonchev–Trinajstić information content (AvgIpc) is 2.74. The largest absolute Gasteiger partial charge is 0.416 e. The van der Waals surface area contributed by atoms with E-state index in [2.05, 4.69) is 0 Å². The second kappa shape index (κ2) is 9.55. The molecule has 0 fully saturated rings. The molecule has 0 aliphatic carbocycles. The van der Waals surface area contributed by atoms with Crippen LogP contribution in [-0.2, 0) is 12.7 Å². The summed E-state index contributed by atoms with van der Waals surface area (Å²) in [6.07, 6.45) is -2.72. The Morgan fingerprint density at radius 3 is 2.00 bits per heavy atom. The van der Waals surface area contributed by atoms with E-state index in [0.29, 0.717) is 29.8 Å². The molecule has 3 aromatic rings. The number of hydrogen-bond donors (Lipinski definition) is 0. The van der Waals surface area contributed by atoms with Gasteiger partial charge >= 0.3 is 6.18 Å². The fourth-order valence-electron chi connectivity index (χ4n) is 3.17. The number of carbonyl (C=O) groups is 1. The van der Waals surface area contributed by atoms with Crippen molar-refractivity contribution in [2.45, 2.75) is 12.7 Å². The highest BCUT2D eigenvalue weighted by molar-refractivity contribution is 6.11. The predicted molar refractivity (Wildman–Crippen MR) is 113 cm³/mol. The van der Waals surface area contributed by atoms with Crippen LogP contribution in [0.15, 0.2) is 90.5 Å². The zero-order chi connectivity index (χ0) is 21.6. The molecule has 0 aliphatic rings. The van der Waals surface area contributed by atoms with Gasteiger partial charge in [-0.3, -0.25) is 9.69 Å². The molecule has 30 heavy (non-hydrogen) atoms. The zero-order valence-corrected chi connectivity index (χ0v) is 16.6. The highest BCUT2D eigenvalue weighted by Crippen LogP contribution is 2.29. The fraction of sp³-hybridized carbons (Fsp3) is 0.160. The molecular formula is C25H22F3NO. The molecule has 0 heterocycles. The van der Waals surface area contributed by atoms with Crippen LogP contribution in [-0.4, -0.2) is 24.3 Å². The van der Waals surface area contributed by atoms with Gasteiger partial charge in [-0.1, -0.05) is 72.8 Å². The van der Waals surface area contributed by atoms with Crippen molar-refractivity contribution in [2.75, 3.05) is 13.6 Å². The first-order chi connectivity index (χ1) is 14.3. The lowest BCUT2D eigenvalue weighted by molar-refractivity contribution is -0.137. The lowest BCUT2D eigenvalue weighted by atomic mass is 9.99. The monoisotopic (exact) mass is 409 g/mol. The smallest absolute Gasteiger partial charge is 0.298 e. The topological polar surface area (TPSA) is 20.3 Å². The first kappa shape index (κ1) is 21.5. The van der Waals surface area contributed by atoms with Gasteiger partial charge in [-0.2, -0.15) is 13.2 Å². The van der Waals surface area contributed by atoms with Gasteiger partial charge in [0.1, 0.15) is 0 Å². The second-order valence-corrected chi connectivity index (χ2v) is 7.14. The van der Waals surface area contributed by atoms with Gasteiger partial charge in [0.25, 0.3) is 0 Å². The first-order valence-corrected chi connectivity index (χ1v) is 9.53. The number of alkyl halides is 3. The van der Waals surface area contributed by atoms with Crippen LogP contribution in [0.2, 0.25) is 0 Å². The summed E-state index contributed by atoms with van der Waals surface area (Å²) in [7, 11) is 1.91.